The van der Waals surface area contributed by atoms with Crippen molar-refractivity contribution in [3.63, 3.8) is 0 Å². The Morgan fingerprint density at radius 3 is 2.59 bits per heavy atom. The SMILES string of the molecule is NS(=O)(=O)c1cc(C(=O)OCC(=O)NC(=O)NCc2ccco2)ccc1Cl. The predicted octanol–water partition coefficient (Wildman–Crippen LogP) is 0.763. The fourth-order valence-corrected chi connectivity index (χ4v) is 2.92. The third kappa shape index (κ3) is 6.09. The second-order valence-corrected chi connectivity index (χ2v) is 7.01. The van der Waals surface area contributed by atoms with E-state index >= 15 is 0 Å². The van der Waals surface area contributed by atoms with Crippen molar-refractivity contribution in [2.75, 3.05) is 6.61 Å². The van der Waals surface area contributed by atoms with Crippen LogP contribution in [0.3, 0.4) is 0 Å². The largest absolute Gasteiger partial charge is 0.467 e. The molecule has 0 bridgehead atoms. The van der Waals surface area contributed by atoms with Gasteiger partial charge in [-0.3, -0.25) is 10.1 Å². The van der Waals surface area contributed by atoms with Gasteiger partial charge in [-0.15, -0.1) is 0 Å². The van der Waals surface area contributed by atoms with Gasteiger partial charge in [-0.25, -0.2) is 23.1 Å². The number of amides is 3. The van der Waals surface area contributed by atoms with Gasteiger partial charge in [0.05, 0.1) is 23.4 Å². The maximum atomic E-state index is 11.9. The van der Waals surface area contributed by atoms with Crippen LogP contribution >= 0.6 is 11.6 Å². The lowest BCUT2D eigenvalue weighted by atomic mass is 10.2. The minimum Gasteiger partial charge on any atom is -0.467 e. The van der Waals surface area contributed by atoms with Crippen molar-refractivity contribution in [3.8, 4) is 0 Å². The van der Waals surface area contributed by atoms with Crippen molar-refractivity contribution < 1.29 is 32.0 Å². The summed E-state index contributed by atoms with van der Waals surface area (Å²) in [6.45, 7) is -0.701. The molecular formula is C15H14ClN3O7S. The zero-order valence-corrected chi connectivity index (χ0v) is 15.2. The summed E-state index contributed by atoms with van der Waals surface area (Å²) >= 11 is 5.71. The summed E-state index contributed by atoms with van der Waals surface area (Å²) in [6.07, 6.45) is 1.43. The number of ether oxygens (including phenoxy) is 1. The number of hydrogen-bond acceptors (Lipinski definition) is 7. The minimum absolute atomic E-state index is 0.0625. The van der Waals surface area contributed by atoms with Gasteiger partial charge >= 0.3 is 12.0 Å². The first-order chi connectivity index (χ1) is 12.7. The number of furan rings is 1. The van der Waals surface area contributed by atoms with E-state index in [4.69, 9.17) is 25.9 Å². The van der Waals surface area contributed by atoms with Gasteiger partial charge in [-0.1, -0.05) is 11.6 Å². The smallest absolute Gasteiger partial charge is 0.338 e. The molecule has 1 aromatic carbocycles. The van der Waals surface area contributed by atoms with Gasteiger partial charge in [0.2, 0.25) is 10.0 Å². The number of sulfonamides is 1. The Labute approximate surface area is 158 Å². The average molecular weight is 416 g/mol. The van der Waals surface area contributed by atoms with Crippen LogP contribution in [0.2, 0.25) is 5.02 Å². The lowest BCUT2D eigenvalue weighted by molar-refractivity contribution is -0.123. The fourth-order valence-electron chi connectivity index (χ4n) is 1.85. The minimum atomic E-state index is -4.14. The molecule has 27 heavy (non-hydrogen) atoms. The van der Waals surface area contributed by atoms with E-state index in [0.29, 0.717) is 5.76 Å². The standard InChI is InChI=1S/C15H14ClN3O7S/c16-11-4-3-9(6-12(11)27(17,23)24)14(21)26-8-13(20)19-15(22)18-7-10-2-1-5-25-10/h1-6H,7-8H2,(H2,17,23,24)(H2,18,19,20,22). The Balaban J connectivity index is 1.86. The highest BCUT2D eigenvalue weighted by Crippen LogP contribution is 2.21. The van der Waals surface area contributed by atoms with E-state index < -0.39 is 39.4 Å². The van der Waals surface area contributed by atoms with Crippen molar-refractivity contribution in [1.29, 1.82) is 0 Å². The number of imide groups is 1. The highest BCUT2D eigenvalue weighted by Gasteiger charge is 2.18. The van der Waals surface area contributed by atoms with E-state index in [2.05, 4.69) is 5.32 Å². The van der Waals surface area contributed by atoms with Gasteiger partial charge in [-0.05, 0) is 30.3 Å². The van der Waals surface area contributed by atoms with E-state index in [9.17, 15) is 22.8 Å². The second kappa shape index (κ2) is 8.66. The fraction of sp³-hybridized carbons (Fsp3) is 0.133. The maximum Gasteiger partial charge on any atom is 0.338 e. The number of nitrogens with two attached hydrogens (primary N) is 1. The first-order valence-corrected chi connectivity index (χ1v) is 9.19. The first kappa shape index (κ1) is 20.4. The summed E-state index contributed by atoms with van der Waals surface area (Å²) in [5, 5.41) is 9.14. The number of carbonyl (C=O) groups is 3. The molecule has 10 nitrogen and oxygen atoms in total. The molecule has 1 heterocycles. The number of urea groups is 1. The maximum absolute atomic E-state index is 11.9. The average Bonchev–Trinajstić information content (AvgIpc) is 3.11. The molecule has 0 unspecified atom stereocenters. The van der Waals surface area contributed by atoms with E-state index in [0.717, 1.165) is 12.1 Å². The van der Waals surface area contributed by atoms with Crippen molar-refractivity contribution >= 4 is 39.5 Å². The van der Waals surface area contributed by atoms with Crippen LogP contribution in [0.1, 0.15) is 16.1 Å². The topological polar surface area (TPSA) is 158 Å². The molecule has 1 aromatic heterocycles. The molecule has 4 N–H and O–H groups in total. The quantitative estimate of drug-likeness (QED) is 0.587. The number of benzene rings is 1. The summed E-state index contributed by atoms with van der Waals surface area (Å²) in [5.74, 6) is -1.40. The molecule has 0 fully saturated rings. The number of rotatable bonds is 6. The summed E-state index contributed by atoms with van der Waals surface area (Å²) in [5.41, 5.74) is -0.182. The zero-order chi connectivity index (χ0) is 20.0. The molecule has 12 heteroatoms. The van der Waals surface area contributed by atoms with Crippen LogP contribution in [0.25, 0.3) is 0 Å². The van der Waals surface area contributed by atoms with Crippen molar-refractivity contribution in [2.45, 2.75) is 11.4 Å². The van der Waals surface area contributed by atoms with Crippen molar-refractivity contribution in [2.24, 2.45) is 5.14 Å². The molecule has 0 radical (unpaired) electrons. The molecule has 144 valence electrons. The molecule has 0 aliphatic heterocycles. The van der Waals surface area contributed by atoms with E-state index in [-0.39, 0.29) is 17.1 Å². The van der Waals surface area contributed by atoms with Crippen LogP contribution in [0.5, 0.6) is 0 Å². The predicted molar refractivity (Wildman–Crippen MR) is 92.2 cm³/mol. The molecule has 0 aliphatic rings. The molecule has 0 spiro atoms. The summed E-state index contributed by atoms with van der Waals surface area (Å²) in [7, 11) is -4.14. The van der Waals surface area contributed by atoms with Crippen LogP contribution in [-0.2, 0) is 26.1 Å². The normalized spacial score (nSPS) is 10.9. The highest BCUT2D eigenvalue weighted by atomic mass is 35.5. The van der Waals surface area contributed by atoms with E-state index in [1.807, 2.05) is 5.32 Å². The third-order valence-corrected chi connectivity index (χ3v) is 4.46. The van der Waals surface area contributed by atoms with Gasteiger partial charge in [0.15, 0.2) is 6.61 Å². The summed E-state index contributed by atoms with van der Waals surface area (Å²) in [6, 6.07) is 5.74. The van der Waals surface area contributed by atoms with E-state index in [1.165, 1.54) is 12.3 Å². The Bertz CT molecular complexity index is 958. The number of carbonyl (C=O) groups excluding carboxylic acids is 3. The Morgan fingerprint density at radius 1 is 1.22 bits per heavy atom. The second-order valence-electron chi connectivity index (χ2n) is 5.08. The van der Waals surface area contributed by atoms with Crippen molar-refractivity contribution in [1.82, 2.24) is 10.6 Å². The number of halogens is 1. The van der Waals surface area contributed by atoms with Crippen LogP contribution in [-0.4, -0.2) is 32.9 Å². The Morgan fingerprint density at radius 2 is 1.96 bits per heavy atom. The van der Waals surface area contributed by atoms with Crippen LogP contribution in [0.15, 0.2) is 45.9 Å². The molecule has 0 saturated carbocycles. The molecular weight excluding hydrogens is 402 g/mol. The van der Waals surface area contributed by atoms with Gasteiger partial charge in [-0.2, -0.15) is 0 Å². The van der Waals surface area contributed by atoms with Gasteiger partial charge in [0, 0.05) is 0 Å². The van der Waals surface area contributed by atoms with Crippen LogP contribution < -0.4 is 15.8 Å². The number of nitrogens with one attached hydrogen (secondary N) is 2. The first-order valence-electron chi connectivity index (χ1n) is 7.26. The number of esters is 1. The Hall–Kier alpha value is -2.89. The number of primary sulfonamides is 1. The van der Waals surface area contributed by atoms with Gasteiger partial charge in [0.25, 0.3) is 5.91 Å². The Kier molecular flexibility index (Phi) is 6.55. The van der Waals surface area contributed by atoms with Crippen LogP contribution in [0.4, 0.5) is 4.79 Å². The lowest BCUT2D eigenvalue weighted by Crippen LogP contribution is -2.41. The molecule has 2 aromatic rings. The lowest BCUT2D eigenvalue weighted by Gasteiger charge is -2.08. The van der Waals surface area contributed by atoms with Gasteiger partial charge < -0.3 is 14.5 Å². The molecule has 0 atom stereocenters. The molecule has 2 rings (SSSR count). The monoisotopic (exact) mass is 415 g/mol. The molecule has 3 amide bonds. The molecule has 0 saturated heterocycles. The van der Waals surface area contributed by atoms with Crippen LogP contribution in [0, 0.1) is 0 Å². The number of hydrogen-bond donors (Lipinski definition) is 3. The van der Waals surface area contributed by atoms with Crippen molar-refractivity contribution in [3.05, 3.63) is 52.9 Å². The van der Waals surface area contributed by atoms with E-state index in [1.54, 1.807) is 12.1 Å². The van der Waals surface area contributed by atoms with Gasteiger partial charge in [0.1, 0.15) is 10.7 Å². The highest BCUT2D eigenvalue weighted by molar-refractivity contribution is 7.89. The summed E-state index contributed by atoms with van der Waals surface area (Å²) in [4.78, 5) is 34.6. The summed E-state index contributed by atoms with van der Waals surface area (Å²) < 4.78 is 32.5. The molecule has 0 aliphatic carbocycles. The third-order valence-electron chi connectivity index (χ3n) is 3.06. The zero-order valence-electron chi connectivity index (χ0n) is 13.6.